The van der Waals surface area contributed by atoms with E-state index in [1.54, 1.807) is 0 Å². The topological polar surface area (TPSA) is 41.3 Å². The lowest BCUT2D eigenvalue weighted by atomic mass is 9.97. The maximum absolute atomic E-state index is 10.4. The zero-order chi connectivity index (χ0) is 14.8. The summed E-state index contributed by atoms with van der Waals surface area (Å²) in [5.41, 5.74) is 1.58. The van der Waals surface area contributed by atoms with E-state index in [0.717, 1.165) is 36.2 Å². The molecule has 0 radical (unpaired) electrons. The number of aryl methyl sites for hydroxylation is 1. The van der Waals surface area contributed by atoms with Crippen molar-refractivity contribution in [1.29, 1.82) is 0 Å². The van der Waals surface area contributed by atoms with Crippen LogP contribution in [-0.2, 0) is 13.6 Å². The third-order valence-electron chi connectivity index (χ3n) is 4.17. The normalized spacial score (nSPS) is 12.5. The molecule has 1 aromatic heterocycles. The van der Waals surface area contributed by atoms with Gasteiger partial charge in [0.25, 0.3) is 0 Å². The minimum absolute atomic E-state index is 0.598. The van der Waals surface area contributed by atoms with Crippen LogP contribution in [0.2, 0.25) is 0 Å². The molecule has 110 valence electrons. The monoisotopic (exact) mass is 275 g/mol. The van der Waals surface area contributed by atoms with Gasteiger partial charge in [-0.05, 0) is 32.0 Å². The van der Waals surface area contributed by atoms with E-state index < -0.39 is 5.60 Å². The number of aliphatic hydroxyl groups is 1. The fraction of sp³-hybridized carbons (Fsp3) is 0.562. The summed E-state index contributed by atoms with van der Waals surface area (Å²) in [6, 6.07) is 8.16. The fourth-order valence-corrected chi connectivity index (χ4v) is 2.61. The molecular weight excluding hydrogens is 250 g/mol. The first-order chi connectivity index (χ1) is 9.49. The van der Waals surface area contributed by atoms with Gasteiger partial charge in [-0.1, -0.05) is 26.0 Å². The van der Waals surface area contributed by atoms with Crippen LogP contribution in [0.5, 0.6) is 0 Å². The lowest BCUT2D eigenvalue weighted by molar-refractivity contribution is 0.000681. The molecule has 2 aromatic rings. The molecule has 0 bridgehead atoms. The number of imidazole rings is 1. The number of benzene rings is 1. The van der Waals surface area contributed by atoms with E-state index in [2.05, 4.69) is 20.5 Å². The Labute approximate surface area is 121 Å². The Morgan fingerprint density at radius 1 is 1.25 bits per heavy atom. The molecular formula is C16H25N3O. The van der Waals surface area contributed by atoms with Crippen LogP contribution >= 0.6 is 0 Å². The van der Waals surface area contributed by atoms with E-state index in [1.165, 1.54) is 0 Å². The van der Waals surface area contributed by atoms with Crippen LogP contribution in [0, 0.1) is 0 Å². The summed E-state index contributed by atoms with van der Waals surface area (Å²) in [6.07, 6.45) is 1.55. The van der Waals surface area contributed by atoms with Crippen LogP contribution in [0.15, 0.2) is 24.3 Å². The molecule has 0 aliphatic rings. The predicted octanol–water partition coefficient (Wildman–Crippen LogP) is 2.56. The molecule has 2 rings (SSSR count). The smallest absolute Gasteiger partial charge is 0.123 e. The van der Waals surface area contributed by atoms with Crippen LogP contribution in [0.1, 0.15) is 32.5 Å². The molecule has 4 heteroatoms. The Hall–Kier alpha value is -1.39. The van der Waals surface area contributed by atoms with Crippen molar-refractivity contribution >= 4 is 11.0 Å². The summed E-state index contributed by atoms with van der Waals surface area (Å²) in [5.74, 6) is 1.03. The van der Waals surface area contributed by atoms with E-state index in [4.69, 9.17) is 0 Å². The molecule has 0 amide bonds. The van der Waals surface area contributed by atoms with Gasteiger partial charge in [0.1, 0.15) is 5.82 Å². The molecule has 0 fully saturated rings. The van der Waals surface area contributed by atoms with Crippen LogP contribution in [0.4, 0.5) is 0 Å². The van der Waals surface area contributed by atoms with Crippen molar-refractivity contribution in [2.24, 2.45) is 7.05 Å². The number of fused-ring (bicyclic) bond motifs is 1. The van der Waals surface area contributed by atoms with Gasteiger partial charge in [0, 0.05) is 13.6 Å². The van der Waals surface area contributed by atoms with Crippen molar-refractivity contribution in [2.45, 2.75) is 38.8 Å². The van der Waals surface area contributed by atoms with Crippen molar-refractivity contribution in [3.05, 3.63) is 30.1 Å². The Morgan fingerprint density at radius 3 is 2.50 bits per heavy atom. The molecule has 0 aliphatic carbocycles. The molecule has 1 aromatic carbocycles. The summed E-state index contributed by atoms with van der Waals surface area (Å²) >= 11 is 0. The maximum atomic E-state index is 10.4. The highest BCUT2D eigenvalue weighted by Crippen LogP contribution is 2.19. The Balaban J connectivity index is 2.14. The van der Waals surface area contributed by atoms with E-state index in [1.807, 2.05) is 46.1 Å². The van der Waals surface area contributed by atoms with Gasteiger partial charge in [0.2, 0.25) is 0 Å². The zero-order valence-electron chi connectivity index (χ0n) is 12.9. The average molecular weight is 275 g/mol. The van der Waals surface area contributed by atoms with Gasteiger partial charge in [-0.25, -0.2) is 4.98 Å². The maximum Gasteiger partial charge on any atom is 0.123 e. The van der Waals surface area contributed by atoms with E-state index in [0.29, 0.717) is 6.54 Å². The summed E-state index contributed by atoms with van der Waals surface area (Å²) in [7, 11) is 4.08. The summed E-state index contributed by atoms with van der Waals surface area (Å²) in [6.45, 7) is 5.48. The van der Waals surface area contributed by atoms with E-state index in [9.17, 15) is 5.11 Å². The molecule has 0 saturated carbocycles. The van der Waals surface area contributed by atoms with Crippen molar-refractivity contribution in [1.82, 2.24) is 14.5 Å². The fourth-order valence-electron chi connectivity index (χ4n) is 2.61. The molecule has 0 atom stereocenters. The predicted molar refractivity (Wildman–Crippen MR) is 82.6 cm³/mol. The molecule has 1 N–H and O–H groups in total. The quantitative estimate of drug-likeness (QED) is 0.881. The Morgan fingerprint density at radius 2 is 1.90 bits per heavy atom. The van der Waals surface area contributed by atoms with Gasteiger partial charge < -0.3 is 9.67 Å². The standard InChI is InChI=1S/C16H25N3O/c1-5-16(20,6-2)12-18(3)11-15-17-13-9-7-8-10-14(13)19(15)4/h7-10,20H,5-6,11-12H2,1-4H3. The molecule has 0 saturated heterocycles. The second-order valence-corrected chi connectivity index (χ2v) is 5.68. The zero-order valence-corrected chi connectivity index (χ0v) is 12.9. The van der Waals surface area contributed by atoms with Gasteiger partial charge in [-0.15, -0.1) is 0 Å². The van der Waals surface area contributed by atoms with Gasteiger partial charge in [0.05, 0.1) is 23.2 Å². The van der Waals surface area contributed by atoms with Crippen molar-refractivity contribution in [2.75, 3.05) is 13.6 Å². The highest BCUT2D eigenvalue weighted by molar-refractivity contribution is 5.75. The lowest BCUT2D eigenvalue weighted by Crippen LogP contribution is -2.40. The first kappa shape index (κ1) is 15.0. The highest BCUT2D eigenvalue weighted by Gasteiger charge is 2.24. The first-order valence-electron chi connectivity index (χ1n) is 7.30. The second-order valence-electron chi connectivity index (χ2n) is 5.68. The minimum atomic E-state index is -0.598. The summed E-state index contributed by atoms with van der Waals surface area (Å²) in [4.78, 5) is 6.82. The Bertz CT molecular complexity index is 572. The van der Waals surface area contributed by atoms with E-state index >= 15 is 0 Å². The number of likely N-dealkylation sites (N-methyl/N-ethyl adjacent to an activating group) is 1. The summed E-state index contributed by atoms with van der Waals surface area (Å²) < 4.78 is 2.13. The average Bonchev–Trinajstić information content (AvgIpc) is 2.75. The number of aromatic nitrogens is 2. The number of rotatable bonds is 6. The molecule has 1 heterocycles. The van der Waals surface area contributed by atoms with Gasteiger partial charge >= 0.3 is 0 Å². The van der Waals surface area contributed by atoms with Crippen molar-refractivity contribution in [3.63, 3.8) is 0 Å². The van der Waals surface area contributed by atoms with Gasteiger partial charge in [0.15, 0.2) is 0 Å². The SMILES string of the molecule is CCC(O)(CC)CN(C)Cc1nc2ccccc2n1C. The number of nitrogens with zero attached hydrogens (tertiary/aromatic N) is 3. The number of para-hydroxylation sites is 2. The Kier molecular flexibility index (Phi) is 4.45. The third kappa shape index (κ3) is 3.02. The van der Waals surface area contributed by atoms with Crippen LogP contribution in [0.25, 0.3) is 11.0 Å². The highest BCUT2D eigenvalue weighted by atomic mass is 16.3. The molecule has 20 heavy (non-hydrogen) atoms. The summed E-state index contributed by atoms with van der Waals surface area (Å²) in [5, 5.41) is 10.4. The number of hydrogen-bond donors (Lipinski definition) is 1. The lowest BCUT2D eigenvalue weighted by Gasteiger charge is -2.30. The van der Waals surface area contributed by atoms with Crippen LogP contribution < -0.4 is 0 Å². The molecule has 4 nitrogen and oxygen atoms in total. The second kappa shape index (κ2) is 5.94. The molecule has 0 unspecified atom stereocenters. The van der Waals surface area contributed by atoms with E-state index in [-0.39, 0.29) is 0 Å². The minimum Gasteiger partial charge on any atom is -0.389 e. The first-order valence-corrected chi connectivity index (χ1v) is 7.30. The van der Waals surface area contributed by atoms with Crippen LogP contribution in [0.3, 0.4) is 0 Å². The van der Waals surface area contributed by atoms with Crippen molar-refractivity contribution in [3.8, 4) is 0 Å². The van der Waals surface area contributed by atoms with Gasteiger partial charge in [-0.3, -0.25) is 4.90 Å². The molecule has 0 spiro atoms. The van der Waals surface area contributed by atoms with Crippen molar-refractivity contribution < 1.29 is 5.11 Å². The van der Waals surface area contributed by atoms with Gasteiger partial charge in [-0.2, -0.15) is 0 Å². The molecule has 0 aliphatic heterocycles. The van der Waals surface area contributed by atoms with Crippen LogP contribution in [-0.4, -0.2) is 38.8 Å². The number of hydrogen-bond acceptors (Lipinski definition) is 3. The largest absolute Gasteiger partial charge is 0.389 e. The third-order valence-corrected chi connectivity index (χ3v) is 4.17.